The van der Waals surface area contributed by atoms with Gasteiger partial charge < -0.3 is 19.0 Å². The summed E-state index contributed by atoms with van der Waals surface area (Å²) in [7, 11) is 1.96. The zero-order valence-corrected chi connectivity index (χ0v) is 17.6. The SMILES string of the molecule is CC(=O)C[C@@H](C)COC1CCC(Oc2nc3ncc(OC4CC4)cc3n2C)CC1. The van der Waals surface area contributed by atoms with E-state index in [-0.39, 0.29) is 23.9 Å². The van der Waals surface area contributed by atoms with E-state index in [0.717, 1.165) is 49.8 Å². The van der Waals surface area contributed by atoms with Crippen molar-refractivity contribution in [1.29, 1.82) is 0 Å². The number of Topliss-reactive ketones (excluding diaryl/α,β-unsaturated/α-hetero) is 1. The average molecular weight is 402 g/mol. The Morgan fingerprint density at radius 3 is 2.48 bits per heavy atom. The molecule has 0 aromatic carbocycles. The molecule has 0 radical (unpaired) electrons. The summed E-state index contributed by atoms with van der Waals surface area (Å²) in [6.45, 7) is 4.35. The lowest BCUT2D eigenvalue weighted by Crippen LogP contribution is -2.30. The summed E-state index contributed by atoms with van der Waals surface area (Å²) < 4.78 is 20.0. The lowest BCUT2D eigenvalue weighted by atomic mass is 9.95. The van der Waals surface area contributed by atoms with Gasteiger partial charge in [-0.25, -0.2) is 4.98 Å². The van der Waals surface area contributed by atoms with Crippen LogP contribution in [0.15, 0.2) is 12.3 Å². The monoisotopic (exact) mass is 401 g/mol. The maximum Gasteiger partial charge on any atom is 0.298 e. The Kier molecular flexibility index (Phi) is 6.04. The summed E-state index contributed by atoms with van der Waals surface area (Å²) in [5.74, 6) is 1.30. The van der Waals surface area contributed by atoms with Gasteiger partial charge in [-0.3, -0.25) is 4.57 Å². The molecule has 2 aromatic heterocycles. The van der Waals surface area contributed by atoms with Gasteiger partial charge in [0.05, 0.1) is 23.9 Å². The highest BCUT2D eigenvalue weighted by Crippen LogP contribution is 2.30. The zero-order chi connectivity index (χ0) is 20.4. The van der Waals surface area contributed by atoms with E-state index in [9.17, 15) is 4.79 Å². The standard InChI is InChI=1S/C22H31N3O4/c1-14(10-15(2)26)13-27-16-4-6-18(7-5-16)29-22-24-21-20(25(22)3)11-19(12-23-21)28-17-8-9-17/h11-12,14,16-18H,4-10,13H2,1-3H3/t14-,16?,18?/m1/s1. The van der Waals surface area contributed by atoms with Gasteiger partial charge in [-0.15, -0.1) is 0 Å². The Bertz CT molecular complexity index is 853. The molecule has 2 fully saturated rings. The molecule has 158 valence electrons. The molecule has 2 aromatic rings. The number of hydrogen-bond acceptors (Lipinski definition) is 6. The number of pyridine rings is 1. The van der Waals surface area contributed by atoms with Crippen molar-refractivity contribution in [2.24, 2.45) is 13.0 Å². The first-order chi connectivity index (χ1) is 14.0. The Labute approximate surface area is 171 Å². The van der Waals surface area contributed by atoms with Crippen LogP contribution < -0.4 is 9.47 Å². The second-order valence-electron chi connectivity index (χ2n) is 8.65. The molecule has 0 spiro atoms. The van der Waals surface area contributed by atoms with Gasteiger partial charge in [-0.1, -0.05) is 6.92 Å². The minimum absolute atomic E-state index is 0.141. The van der Waals surface area contributed by atoms with E-state index in [4.69, 9.17) is 14.2 Å². The molecule has 2 aliphatic carbocycles. The number of ether oxygens (including phenoxy) is 3. The van der Waals surface area contributed by atoms with Crippen LogP contribution in [0.5, 0.6) is 11.8 Å². The normalized spacial score (nSPS) is 23.1. The van der Waals surface area contributed by atoms with E-state index in [1.165, 1.54) is 0 Å². The van der Waals surface area contributed by atoms with Crippen molar-refractivity contribution in [1.82, 2.24) is 14.5 Å². The summed E-state index contributed by atoms with van der Waals surface area (Å²) in [5.41, 5.74) is 1.61. The van der Waals surface area contributed by atoms with Gasteiger partial charge in [0.25, 0.3) is 6.01 Å². The minimum atomic E-state index is 0.141. The van der Waals surface area contributed by atoms with Crippen molar-refractivity contribution in [3.63, 3.8) is 0 Å². The summed E-state index contributed by atoms with van der Waals surface area (Å²) in [6, 6.07) is 2.60. The number of nitrogens with zero attached hydrogens (tertiary/aromatic N) is 3. The second-order valence-corrected chi connectivity index (χ2v) is 8.65. The number of aryl methyl sites for hydroxylation is 1. The molecule has 2 aliphatic rings. The molecule has 0 aliphatic heterocycles. The van der Waals surface area contributed by atoms with Crippen molar-refractivity contribution < 1.29 is 19.0 Å². The molecule has 7 nitrogen and oxygen atoms in total. The molecular formula is C22H31N3O4. The first kappa shape index (κ1) is 20.1. The summed E-state index contributed by atoms with van der Waals surface area (Å²) in [6.07, 6.45) is 9.16. The third-order valence-electron chi connectivity index (χ3n) is 5.64. The highest BCUT2D eigenvalue weighted by molar-refractivity contribution is 5.75. The minimum Gasteiger partial charge on any atom is -0.489 e. The fourth-order valence-corrected chi connectivity index (χ4v) is 3.89. The topological polar surface area (TPSA) is 75.5 Å². The van der Waals surface area contributed by atoms with Crippen LogP contribution in [-0.4, -0.2) is 45.2 Å². The zero-order valence-electron chi connectivity index (χ0n) is 17.6. The van der Waals surface area contributed by atoms with Gasteiger partial charge in [0, 0.05) is 26.1 Å². The van der Waals surface area contributed by atoms with Crippen molar-refractivity contribution in [2.45, 2.75) is 77.1 Å². The van der Waals surface area contributed by atoms with E-state index in [1.807, 2.05) is 17.7 Å². The van der Waals surface area contributed by atoms with Gasteiger partial charge in [-0.2, -0.15) is 4.98 Å². The van der Waals surface area contributed by atoms with Crippen molar-refractivity contribution in [2.75, 3.05) is 6.61 Å². The second kappa shape index (κ2) is 8.69. The maximum absolute atomic E-state index is 11.2. The van der Waals surface area contributed by atoms with Crippen molar-refractivity contribution >= 4 is 16.9 Å². The quantitative estimate of drug-likeness (QED) is 0.636. The third kappa shape index (κ3) is 5.26. The van der Waals surface area contributed by atoms with Gasteiger partial charge in [0.1, 0.15) is 17.6 Å². The van der Waals surface area contributed by atoms with E-state index >= 15 is 0 Å². The smallest absolute Gasteiger partial charge is 0.298 e. The first-order valence-electron chi connectivity index (χ1n) is 10.7. The molecule has 0 N–H and O–H groups in total. The van der Waals surface area contributed by atoms with E-state index in [0.29, 0.717) is 30.8 Å². The van der Waals surface area contributed by atoms with Crippen LogP contribution in [0.25, 0.3) is 11.2 Å². The predicted octanol–water partition coefficient (Wildman–Crippen LogP) is 3.83. The first-order valence-corrected chi connectivity index (χ1v) is 10.7. The molecule has 0 unspecified atom stereocenters. The van der Waals surface area contributed by atoms with Crippen molar-refractivity contribution in [3.05, 3.63) is 12.3 Å². The van der Waals surface area contributed by atoms with Crippen molar-refractivity contribution in [3.8, 4) is 11.8 Å². The summed E-state index contributed by atoms with van der Waals surface area (Å²) in [5, 5.41) is 0. The molecule has 2 heterocycles. The lowest BCUT2D eigenvalue weighted by molar-refractivity contribution is -0.118. The van der Waals surface area contributed by atoms with E-state index in [1.54, 1.807) is 13.1 Å². The van der Waals surface area contributed by atoms with Crippen LogP contribution in [-0.2, 0) is 16.6 Å². The maximum atomic E-state index is 11.2. The number of imidazole rings is 1. The Hall–Kier alpha value is -2.15. The molecular weight excluding hydrogens is 370 g/mol. The number of rotatable bonds is 9. The molecule has 2 saturated carbocycles. The number of carbonyl (C=O) groups excluding carboxylic acids is 1. The van der Waals surface area contributed by atoms with Crippen LogP contribution >= 0.6 is 0 Å². The average Bonchev–Trinajstić information content (AvgIpc) is 3.45. The Morgan fingerprint density at radius 1 is 1.14 bits per heavy atom. The summed E-state index contributed by atoms with van der Waals surface area (Å²) >= 11 is 0. The number of carbonyl (C=O) groups is 1. The molecule has 0 amide bonds. The van der Waals surface area contributed by atoms with Gasteiger partial charge >= 0.3 is 0 Å². The Balaban J connectivity index is 1.29. The molecule has 4 rings (SSSR count). The number of hydrogen-bond donors (Lipinski definition) is 0. The van der Waals surface area contributed by atoms with Crippen LogP contribution in [0, 0.1) is 5.92 Å². The molecule has 1 atom stereocenters. The number of aromatic nitrogens is 3. The highest BCUT2D eigenvalue weighted by Gasteiger charge is 2.26. The molecule has 29 heavy (non-hydrogen) atoms. The van der Waals surface area contributed by atoms with Gasteiger partial charge in [0.2, 0.25) is 0 Å². The predicted molar refractivity (Wildman–Crippen MR) is 109 cm³/mol. The Morgan fingerprint density at radius 2 is 1.79 bits per heavy atom. The number of fused-ring (bicyclic) bond motifs is 1. The molecule has 0 saturated heterocycles. The van der Waals surface area contributed by atoms with Crippen LogP contribution in [0.4, 0.5) is 0 Å². The van der Waals surface area contributed by atoms with Crippen LogP contribution in [0.1, 0.15) is 58.8 Å². The lowest BCUT2D eigenvalue weighted by Gasteiger charge is -2.29. The third-order valence-corrected chi connectivity index (χ3v) is 5.64. The largest absolute Gasteiger partial charge is 0.489 e. The van der Waals surface area contributed by atoms with Crippen LogP contribution in [0.2, 0.25) is 0 Å². The highest BCUT2D eigenvalue weighted by atomic mass is 16.5. The molecule has 0 bridgehead atoms. The number of ketones is 1. The fraction of sp³-hybridized carbons (Fsp3) is 0.682. The van der Waals surface area contributed by atoms with E-state index in [2.05, 4.69) is 16.9 Å². The van der Waals surface area contributed by atoms with Gasteiger partial charge in [0.15, 0.2) is 5.65 Å². The molecule has 7 heteroatoms. The fourth-order valence-electron chi connectivity index (χ4n) is 3.89. The van der Waals surface area contributed by atoms with Gasteiger partial charge in [-0.05, 0) is 51.4 Å². The summed E-state index contributed by atoms with van der Waals surface area (Å²) in [4.78, 5) is 20.2. The van der Waals surface area contributed by atoms with Crippen LogP contribution in [0.3, 0.4) is 0 Å². The van der Waals surface area contributed by atoms with E-state index < -0.39 is 0 Å².